The van der Waals surface area contributed by atoms with Gasteiger partial charge in [-0.2, -0.15) is 0 Å². The number of carbonyl (C=O) groups is 3. The van der Waals surface area contributed by atoms with Crippen molar-refractivity contribution in [2.24, 2.45) is 0 Å². The van der Waals surface area contributed by atoms with Crippen molar-refractivity contribution in [3.63, 3.8) is 0 Å². The molecule has 0 aliphatic rings. The van der Waals surface area contributed by atoms with Crippen molar-refractivity contribution in [1.82, 2.24) is 15.5 Å². The number of nitrogens with zero attached hydrogens (tertiary/aromatic N) is 1. The van der Waals surface area contributed by atoms with Crippen LogP contribution >= 0.6 is 0 Å². The van der Waals surface area contributed by atoms with E-state index in [2.05, 4.69) is 10.6 Å². The molecular weight excluding hydrogens is 410 g/mol. The first-order valence-corrected chi connectivity index (χ1v) is 11.1. The Balaban J connectivity index is 3.26. The van der Waals surface area contributed by atoms with E-state index in [4.69, 9.17) is 4.74 Å². The summed E-state index contributed by atoms with van der Waals surface area (Å²) in [5.74, 6) is -0.905. The van der Waals surface area contributed by atoms with Gasteiger partial charge in [0.25, 0.3) is 0 Å². The number of hydrogen-bond acceptors (Lipinski definition) is 5. The van der Waals surface area contributed by atoms with E-state index in [9.17, 15) is 19.5 Å². The van der Waals surface area contributed by atoms with E-state index in [1.807, 2.05) is 45.9 Å². The molecular formula is C24H39N3O5. The van der Waals surface area contributed by atoms with Crippen LogP contribution < -0.4 is 10.6 Å². The lowest BCUT2D eigenvalue weighted by atomic mass is 9.94. The van der Waals surface area contributed by atoms with Gasteiger partial charge >= 0.3 is 6.09 Å². The van der Waals surface area contributed by atoms with Crippen molar-refractivity contribution in [2.45, 2.75) is 85.0 Å². The zero-order valence-corrected chi connectivity index (χ0v) is 20.6. The molecule has 0 spiro atoms. The maximum absolute atomic E-state index is 13.3. The topological polar surface area (TPSA) is 108 Å². The van der Waals surface area contributed by atoms with Crippen molar-refractivity contribution in [3.8, 4) is 0 Å². The lowest BCUT2D eigenvalue weighted by Gasteiger charge is -2.33. The highest BCUT2D eigenvalue weighted by Crippen LogP contribution is 2.27. The Kier molecular flexibility index (Phi) is 10.2. The molecule has 0 aliphatic heterocycles. The van der Waals surface area contributed by atoms with Crippen LogP contribution in [-0.4, -0.2) is 59.3 Å². The quantitative estimate of drug-likeness (QED) is 0.537. The number of aryl methyl sites for hydroxylation is 2. The Bertz CT molecular complexity index is 783. The molecule has 1 rings (SSSR count). The van der Waals surface area contributed by atoms with E-state index in [0.717, 1.165) is 29.5 Å². The van der Waals surface area contributed by atoms with E-state index >= 15 is 0 Å². The Labute approximate surface area is 191 Å². The highest BCUT2D eigenvalue weighted by atomic mass is 16.6. The van der Waals surface area contributed by atoms with Crippen LogP contribution in [0.3, 0.4) is 0 Å². The average Bonchev–Trinajstić information content (AvgIpc) is 2.66. The molecule has 0 radical (unpaired) electrons. The summed E-state index contributed by atoms with van der Waals surface area (Å²) < 4.78 is 5.20. The Hall–Kier alpha value is -2.61. The van der Waals surface area contributed by atoms with Crippen LogP contribution in [0, 0.1) is 13.8 Å². The van der Waals surface area contributed by atoms with Gasteiger partial charge in [0.2, 0.25) is 11.8 Å². The molecule has 0 saturated heterocycles. The number of benzene rings is 1. The molecule has 0 bridgehead atoms. The number of ether oxygens (including phenoxy) is 1. The number of aliphatic hydroxyl groups is 1. The van der Waals surface area contributed by atoms with Gasteiger partial charge in [-0.3, -0.25) is 9.59 Å². The summed E-state index contributed by atoms with van der Waals surface area (Å²) in [6, 6.07) is 3.44. The Morgan fingerprint density at radius 2 is 1.69 bits per heavy atom. The molecule has 0 fully saturated rings. The first-order valence-electron chi connectivity index (χ1n) is 11.1. The van der Waals surface area contributed by atoms with Crippen LogP contribution in [0.1, 0.15) is 70.2 Å². The van der Waals surface area contributed by atoms with Gasteiger partial charge < -0.3 is 25.4 Å². The smallest absolute Gasteiger partial charge is 0.408 e. The second-order valence-corrected chi connectivity index (χ2v) is 9.24. The summed E-state index contributed by atoms with van der Waals surface area (Å²) in [6.07, 6.45) is 0.905. The highest BCUT2D eigenvalue weighted by molar-refractivity contribution is 5.92. The summed E-state index contributed by atoms with van der Waals surface area (Å²) in [5.41, 5.74) is 1.70. The first-order chi connectivity index (χ1) is 14.8. The third kappa shape index (κ3) is 7.82. The molecule has 3 unspecified atom stereocenters. The molecule has 8 nitrogen and oxygen atoms in total. The molecule has 1 aromatic rings. The van der Waals surface area contributed by atoms with Crippen LogP contribution in [0.15, 0.2) is 18.2 Å². The second kappa shape index (κ2) is 11.9. The first kappa shape index (κ1) is 27.4. The minimum absolute atomic E-state index is 0.0589. The molecule has 3 atom stereocenters. The Morgan fingerprint density at radius 3 is 2.16 bits per heavy atom. The van der Waals surface area contributed by atoms with Gasteiger partial charge in [-0.15, -0.1) is 0 Å². The monoisotopic (exact) mass is 449 g/mol. The summed E-state index contributed by atoms with van der Waals surface area (Å²) in [7, 11) is 1.50. The van der Waals surface area contributed by atoms with E-state index in [0.29, 0.717) is 0 Å². The summed E-state index contributed by atoms with van der Waals surface area (Å²) in [4.78, 5) is 40.0. The standard InChI is InChI=1S/C24H39N3O5/c1-9-11-17(4)25-21(29)20(19-15(2)12-10-13-16(19)3)27(8)22(30)18(14-28)26-23(31)32-24(5,6)7/h10,12-13,17-18,20,28H,9,11,14H2,1-8H3,(H,25,29)(H,26,31). The lowest BCUT2D eigenvalue weighted by molar-refractivity contribution is -0.141. The zero-order valence-electron chi connectivity index (χ0n) is 20.6. The number of hydrogen-bond donors (Lipinski definition) is 3. The average molecular weight is 450 g/mol. The number of carbonyl (C=O) groups excluding carboxylic acids is 3. The summed E-state index contributed by atoms with van der Waals surface area (Å²) in [6.45, 7) is 12.2. The van der Waals surface area contributed by atoms with Gasteiger partial charge in [-0.05, 0) is 64.7 Å². The van der Waals surface area contributed by atoms with Crippen LogP contribution in [0.2, 0.25) is 0 Å². The van der Waals surface area contributed by atoms with Crippen molar-refractivity contribution in [2.75, 3.05) is 13.7 Å². The van der Waals surface area contributed by atoms with Crippen molar-refractivity contribution >= 4 is 17.9 Å². The number of likely N-dealkylation sites (N-methyl/N-ethyl adjacent to an activating group) is 1. The largest absolute Gasteiger partial charge is 0.444 e. The molecule has 0 saturated carbocycles. The fourth-order valence-electron chi connectivity index (χ4n) is 3.59. The van der Waals surface area contributed by atoms with E-state index < -0.39 is 36.3 Å². The minimum Gasteiger partial charge on any atom is -0.444 e. The van der Waals surface area contributed by atoms with Gasteiger partial charge in [0, 0.05) is 13.1 Å². The number of amides is 3. The number of rotatable bonds is 9. The number of alkyl carbamates (subject to hydrolysis) is 1. The molecule has 8 heteroatoms. The maximum Gasteiger partial charge on any atom is 0.408 e. The molecule has 3 amide bonds. The molecule has 0 heterocycles. The van der Waals surface area contributed by atoms with Crippen LogP contribution in [-0.2, 0) is 14.3 Å². The molecule has 180 valence electrons. The van der Waals surface area contributed by atoms with Gasteiger partial charge in [-0.1, -0.05) is 31.5 Å². The van der Waals surface area contributed by atoms with E-state index in [-0.39, 0.29) is 11.9 Å². The number of aliphatic hydroxyl groups excluding tert-OH is 1. The third-order valence-corrected chi connectivity index (χ3v) is 5.08. The fraction of sp³-hybridized carbons (Fsp3) is 0.625. The van der Waals surface area contributed by atoms with Crippen LogP contribution in [0.25, 0.3) is 0 Å². The molecule has 3 N–H and O–H groups in total. The van der Waals surface area contributed by atoms with Gasteiger partial charge in [-0.25, -0.2) is 4.79 Å². The summed E-state index contributed by atoms with van der Waals surface area (Å²) >= 11 is 0. The van der Waals surface area contributed by atoms with Gasteiger partial charge in [0.15, 0.2) is 0 Å². The predicted octanol–water partition coefficient (Wildman–Crippen LogP) is 2.99. The predicted molar refractivity (Wildman–Crippen MR) is 124 cm³/mol. The normalized spacial score (nSPS) is 14.2. The molecule has 32 heavy (non-hydrogen) atoms. The number of nitrogens with one attached hydrogen (secondary N) is 2. The maximum atomic E-state index is 13.3. The second-order valence-electron chi connectivity index (χ2n) is 9.24. The van der Waals surface area contributed by atoms with Gasteiger partial charge in [0.05, 0.1) is 6.61 Å². The molecule has 0 aromatic heterocycles. The summed E-state index contributed by atoms with van der Waals surface area (Å²) in [5, 5.41) is 15.2. The van der Waals surface area contributed by atoms with Crippen molar-refractivity contribution in [1.29, 1.82) is 0 Å². The lowest BCUT2D eigenvalue weighted by Crippen LogP contribution is -2.53. The molecule has 0 aliphatic carbocycles. The van der Waals surface area contributed by atoms with E-state index in [1.165, 1.54) is 11.9 Å². The third-order valence-electron chi connectivity index (χ3n) is 5.08. The fourth-order valence-corrected chi connectivity index (χ4v) is 3.59. The zero-order chi connectivity index (χ0) is 24.6. The van der Waals surface area contributed by atoms with Crippen LogP contribution in [0.4, 0.5) is 4.79 Å². The van der Waals surface area contributed by atoms with E-state index in [1.54, 1.807) is 20.8 Å². The minimum atomic E-state index is -1.25. The molecule has 1 aromatic carbocycles. The van der Waals surface area contributed by atoms with Crippen LogP contribution in [0.5, 0.6) is 0 Å². The van der Waals surface area contributed by atoms with Crippen molar-refractivity contribution < 1.29 is 24.2 Å². The Morgan fingerprint density at radius 1 is 1.12 bits per heavy atom. The van der Waals surface area contributed by atoms with Gasteiger partial charge in [0.1, 0.15) is 17.7 Å². The highest BCUT2D eigenvalue weighted by Gasteiger charge is 2.35. The SMILES string of the molecule is CCCC(C)NC(=O)C(c1c(C)cccc1C)N(C)C(=O)C(CO)NC(=O)OC(C)(C)C. The van der Waals surface area contributed by atoms with Crippen molar-refractivity contribution in [3.05, 3.63) is 34.9 Å².